The standard InChI is InChI=1S/C32H33ClFN7O2S/c1-39-9-11-40(12-10-39)15-23(42)16-41-17-25-27(38-41)7-6-24-29-31(35-19-36-32(29)44-30(24)25)37-22-5-8-28(26(33)14-22)43-18-20-3-2-4-21(34)13-20/h2-5,8,13-14,17,19,23,42H,6-7,9-12,15-16,18H2,1H3,(H,35,36,37)/t23-/m1/s1. The zero-order valence-corrected chi connectivity index (χ0v) is 25.9. The van der Waals surface area contributed by atoms with Gasteiger partial charge in [-0.15, -0.1) is 11.3 Å². The second-order valence-electron chi connectivity index (χ2n) is 11.5. The number of fused-ring (bicyclic) bond motifs is 5. The monoisotopic (exact) mass is 633 g/mol. The third-order valence-electron chi connectivity index (χ3n) is 8.22. The molecule has 0 radical (unpaired) electrons. The largest absolute Gasteiger partial charge is 0.487 e. The molecule has 7 rings (SSSR count). The number of rotatable bonds is 9. The molecule has 2 N–H and O–H groups in total. The number of aliphatic hydroxyl groups excluding tert-OH is 1. The first kappa shape index (κ1) is 29.1. The molecule has 3 aromatic heterocycles. The van der Waals surface area contributed by atoms with Crippen LogP contribution in [0.3, 0.4) is 0 Å². The van der Waals surface area contributed by atoms with E-state index in [-0.39, 0.29) is 12.4 Å². The van der Waals surface area contributed by atoms with Gasteiger partial charge in [0.2, 0.25) is 0 Å². The molecule has 1 aliphatic heterocycles. The maximum Gasteiger partial charge on any atom is 0.142 e. The molecule has 44 heavy (non-hydrogen) atoms. The Kier molecular flexibility index (Phi) is 8.21. The lowest BCUT2D eigenvalue weighted by atomic mass is 9.95. The van der Waals surface area contributed by atoms with Crippen LogP contribution in [0.1, 0.15) is 16.8 Å². The maximum atomic E-state index is 13.5. The smallest absolute Gasteiger partial charge is 0.142 e. The second-order valence-corrected chi connectivity index (χ2v) is 12.9. The molecule has 12 heteroatoms. The first-order valence-electron chi connectivity index (χ1n) is 14.8. The SMILES string of the molecule is CN1CCN(C[C@@H](O)Cn2cc3c(n2)CCc2c-3sc3ncnc(Nc4ccc(OCc5cccc(F)c5)c(Cl)c4)c23)CC1. The number of aromatic nitrogens is 4. The number of piperazine rings is 1. The van der Waals surface area contributed by atoms with Crippen LogP contribution in [0.2, 0.25) is 5.02 Å². The van der Waals surface area contributed by atoms with E-state index in [1.165, 1.54) is 17.7 Å². The van der Waals surface area contributed by atoms with Crippen molar-refractivity contribution in [2.75, 3.05) is 45.1 Å². The summed E-state index contributed by atoms with van der Waals surface area (Å²) in [6, 6.07) is 11.8. The maximum absolute atomic E-state index is 13.5. The molecule has 0 spiro atoms. The number of hydrogen-bond acceptors (Lipinski definition) is 9. The van der Waals surface area contributed by atoms with Crippen molar-refractivity contribution in [1.82, 2.24) is 29.5 Å². The molecule has 1 atom stereocenters. The summed E-state index contributed by atoms with van der Waals surface area (Å²) in [5, 5.41) is 20.6. The summed E-state index contributed by atoms with van der Waals surface area (Å²) in [7, 11) is 2.14. The first-order chi connectivity index (χ1) is 21.4. The van der Waals surface area contributed by atoms with Gasteiger partial charge in [-0.05, 0) is 61.3 Å². The normalized spacial score (nSPS) is 16.1. The minimum absolute atomic E-state index is 0.214. The van der Waals surface area contributed by atoms with Gasteiger partial charge < -0.3 is 20.1 Å². The van der Waals surface area contributed by atoms with Gasteiger partial charge in [0.05, 0.1) is 28.8 Å². The van der Waals surface area contributed by atoms with Crippen molar-refractivity contribution in [3.8, 4) is 16.2 Å². The summed E-state index contributed by atoms with van der Waals surface area (Å²) < 4.78 is 21.2. The van der Waals surface area contributed by atoms with Crippen LogP contribution in [0, 0.1) is 5.82 Å². The summed E-state index contributed by atoms with van der Waals surface area (Å²) >= 11 is 8.21. The summed E-state index contributed by atoms with van der Waals surface area (Å²) in [4.78, 5) is 15.9. The number of β-amino-alcohol motifs (C(OH)–C–C–N with tert-alkyl or cyclic N) is 1. The molecule has 1 saturated heterocycles. The molecule has 228 valence electrons. The Labute approximate surface area is 263 Å². The number of anilines is 2. The number of ether oxygens (including phenoxy) is 1. The zero-order valence-electron chi connectivity index (χ0n) is 24.3. The van der Waals surface area contributed by atoms with Crippen molar-refractivity contribution in [3.63, 3.8) is 0 Å². The quantitative estimate of drug-likeness (QED) is 0.224. The fourth-order valence-electron chi connectivity index (χ4n) is 5.94. The Morgan fingerprint density at radius 1 is 1.09 bits per heavy atom. The molecule has 2 aliphatic rings. The van der Waals surface area contributed by atoms with Crippen molar-refractivity contribution >= 4 is 44.7 Å². The number of thiophene rings is 1. The summed E-state index contributed by atoms with van der Waals surface area (Å²) in [6.45, 7) is 5.35. The van der Waals surface area contributed by atoms with Crippen molar-refractivity contribution in [2.24, 2.45) is 0 Å². The van der Waals surface area contributed by atoms with Crippen LogP contribution >= 0.6 is 22.9 Å². The molecule has 0 unspecified atom stereocenters. The number of nitrogens with one attached hydrogen (secondary N) is 1. The van der Waals surface area contributed by atoms with Gasteiger partial charge in [0, 0.05) is 55.0 Å². The Balaban J connectivity index is 1.07. The first-order valence-corrected chi connectivity index (χ1v) is 15.9. The molecule has 5 aromatic rings. The lowest BCUT2D eigenvalue weighted by molar-refractivity contribution is 0.0689. The predicted octanol–water partition coefficient (Wildman–Crippen LogP) is 5.38. The molecule has 1 aliphatic carbocycles. The fraction of sp³-hybridized carbons (Fsp3) is 0.344. The lowest BCUT2D eigenvalue weighted by Crippen LogP contribution is -2.47. The van der Waals surface area contributed by atoms with E-state index in [0.717, 1.165) is 82.4 Å². The molecular formula is C32H33ClFN7O2S. The van der Waals surface area contributed by atoms with Crippen LogP contribution < -0.4 is 10.1 Å². The number of aryl methyl sites for hydroxylation is 2. The van der Waals surface area contributed by atoms with Crippen LogP contribution in [0.25, 0.3) is 20.7 Å². The van der Waals surface area contributed by atoms with Gasteiger partial charge in [-0.3, -0.25) is 9.58 Å². The van der Waals surface area contributed by atoms with Crippen molar-refractivity contribution in [2.45, 2.75) is 32.1 Å². The molecule has 0 bridgehead atoms. The highest BCUT2D eigenvalue weighted by Crippen LogP contribution is 2.45. The summed E-state index contributed by atoms with van der Waals surface area (Å²) in [6.07, 6.45) is 4.81. The fourth-order valence-corrected chi connectivity index (χ4v) is 7.39. The van der Waals surface area contributed by atoms with Crippen LogP contribution in [0.4, 0.5) is 15.9 Å². The Hall–Kier alpha value is -3.61. The van der Waals surface area contributed by atoms with Gasteiger partial charge in [-0.25, -0.2) is 14.4 Å². The van der Waals surface area contributed by atoms with E-state index in [9.17, 15) is 9.50 Å². The Morgan fingerprint density at radius 3 is 2.77 bits per heavy atom. The van der Waals surface area contributed by atoms with Crippen LogP contribution in [-0.4, -0.2) is 80.5 Å². The zero-order chi connectivity index (χ0) is 30.2. The third kappa shape index (κ3) is 6.15. The van der Waals surface area contributed by atoms with E-state index in [1.54, 1.807) is 35.9 Å². The number of benzene rings is 2. The highest BCUT2D eigenvalue weighted by atomic mass is 35.5. The van der Waals surface area contributed by atoms with E-state index in [4.69, 9.17) is 21.4 Å². The van der Waals surface area contributed by atoms with Crippen molar-refractivity contribution in [1.29, 1.82) is 0 Å². The molecular weight excluding hydrogens is 601 g/mol. The third-order valence-corrected chi connectivity index (χ3v) is 9.69. The number of halogens is 2. The summed E-state index contributed by atoms with van der Waals surface area (Å²) in [5.41, 5.74) is 4.86. The van der Waals surface area contributed by atoms with E-state index in [2.05, 4.69) is 38.3 Å². The average molecular weight is 634 g/mol. The van der Waals surface area contributed by atoms with E-state index in [1.807, 2.05) is 16.8 Å². The minimum Gasteiger partial charge on any atom is -0.487 e. The number of likely N-dealkylation sites (N-methyl/N-ethyl adjacent to an activating group) is 1. The Bertz CT molecular complexity index is 1800. The topological polar surface area (TPSA) is 91.6 Å². The average Bonchev–Trinajstić information content (AvgIpc) is 3.59. The molecule has 0 amide bonds. The predicted molar refractivity (Wildman–Crippen MR) is 171 cm³/mol. The summed E-state index contributed by atoms with van der Waals surface area (Å²) in [5.74, 6) is 0.931. The highest BCUT2D eigenvalue weighted by molar-refractivity contribution is 7.22. The van der Waals surface area contributed by atoms with E-state index >= 15 is 0 Å². The van der Waals surface area contributed by atoms with Gasteiger partial charge >= 0.3 is 0 Å². The molecule has 4 heterocycles. The van der Waals surface area contributed by atoms with Gasteiger partial charge in [0.25, 0.3) is 0 Å². The van der Waals surface area contributed by atoms with E-state index in [0.29, 0.717) is 23.9 Å². The molecule has 9 nitrogen and oxygen atoms in total. The molecule has 0 saturated carbocycles. The molecule has 1 fully saturated rings. The number of nitrogens with zero attached hydrogens (tertiary/aromatic N) is 6. The van der Waals surface area contributed by atoms with Crippen LogP contribution in [0.5, 0.6) is 5.75 Å². The number of hydrogen-bond donors (Lipinski definition) is 2. The lowest BCUT2D eigenvalue weighted by Gasteiger charge is -2.33. The Morgan fingerprint density at radius 2 is 1.95 bits per heavy atom. The molecule has 2 aromatic carbocycles. The van der Waals surface area contributed by atoms with Crippen molar-refractivity contribution in [3.05, 3.63) is 82.6 Å². The van der Waals surface area contributed by atoms with Gasteiger partial charge in [0.1, 0.15) is 35.1 Å². The second kappa shape index (κ2) is 12.4. The highest BCUT2D eigenvalue weighted by Gasteiger charge is 2.27. The van der Waals surface area contributed by atoms with Crippen LogP contribution in [0.15, 0.2) is 55.0 Å². The minimum atomic E-state index is -0.478. The number of aliphatic hydroxyl groups is 1. The van der Waals surface area contributed by atoms with E-state index < -0.39 is 6.10 Å². The van der Waals surface area contributed by atoms with Crippen LogP contribution in [-0.2, 0) is 26.0 Å². The van der Waals surface area contributed by atoms with Gasteiger partial charge in [-0.1, -0.05) is 23.7 Å². The van der Waals surface area contributed by atoms with Gasteiger partial charge in [0.15, 0.2) is 0 Å². The van der Waals surface area contributed by atoms with Gasteiger partial charge in [-0.2, -0.15) is 5.10 Å². The van der Waals surface area contributed by atoms with Crippen molar-refractivity contribution < 1.29 is 14.2 Å².